The Morgan fingerprint density at radius 2 is 2.19 bits per heavy atom. The molecule has 0 unspecified atom stereocenters. The first-order chi connectivity index (χ1) is 10.0. The first kappa shape index (κ1) is 15.5. The number of amides is 1. The van der Waals surface area contributed by atoms with Crippen LogP contribution >= 0.6 is 24.0 Å². The first-order valence-electron chi connectivity index (χ1n) is 6.39. The topological polar surface area (TPSA) is 73.4 Å². The number of thioether (sulfide) groups is 1. The van der Waals surface area contributed by atoms with Crippen molar-refractivity contribution in [2.24, 2.45) is 0 Å². The molecule has 8 heteroatoms. The Kier molecular flexibility index (Phi) is 4.65. The predicted octanol–water partition coefficient (Wildman–Crippen LogP) is 2.22. The molecular weight excluding hydrogens is 308 g/mol. The predicted molar refractivity (Wildman–Crippen MR) is 85.7 cm³/mol. The lowest BCUT2D eigenvalue weighted by molar-refractivity contribution is -0.121. The molecule has 6 nitrogen and oxygen atoms in total. The van der Waals surface area contributed by atoms with Gasteiger partial charge in [0.25, 0.3) is 5.91 Å². The molecule has 1 aliphatic heterocycles. The summed E-state index contributed by atoms with van der Waals surface area (Å²) in [5.41, 5.74) is 0.219. The zero-order valence-electron chi connectivity index (χ0n) is 11.9. The van der Waals surface area contributed by atoms with Crippen LogP contribution in [-0.4, -0.2) is 40.2 Å². The van der Waals surface area contributed by atoms with Crippen LogP contribution in [0.1, 0.15) is 25.4 Å². The number of carbonyl (C=O) groups is 1. The van der Waals surface area contributed by atoms with Crippen LogP contribution in [0.5, 0.6) is 0 Å². The van der Waals surface area contributed by atoms with Crippen molar-refractivity contribution in [2.45, 2.75) is 13.8 Å². The average molecular weight is 322 g/mol. The summed E-state index contributed by atoms with van der Waals surface area (Å²) in [6, 6.07) is 2.02. The lowest BCUT2D eigenvalue weighted by Gasteiger charge is -2.16. The standard InChI is InChI=1S/C13H14N4O2S2/c1-4-17(5-2)12-8(7-14)15-10(19-12)6-9-11(18)16(3)13(20)21-9/h6H,4-5H2,1-3H3/b9-6+. The van der Waals surface area contributed by atoms with E-state index < -0.39 is 0 Å². The summed E-state index contributed by atoms with van der Waals surface area (Å²) in [5.74, 6) is 0.481. The highest BCUT2D eigenvalue weighted by molar-refractivity contribution is 8.26. The number of hydrogen-bond acceptors (Lipinski definition) is 7. The van der Waals surface area contributed by atoms with Crippen LogP contribution in [0.15, 0.2) is 9.32 Å². The second-order valence-corrected chi connectivity index (χ2v) is 5.91. The molecule has 0 aliphatic carbocycles. The SMILES string of the molecule is CCN(CC)c1oc(/C=C2/SC(=S)N(C)C2=O)nc1C#N. The van der Waals surface area contributed by atoms with E-state index in [1.807, 2.05) is 24.8 Å². The van der Waals surface area contributed by atoms with Gasteiger partial charge in [-0.05, 0) is 13.8 Å². The van der Waals surface area contributed by atoms with Crippen LogP contribution in [0.3, 0.4) is 0 Å². The molecule has 1 amide bonds. The van der Waals surface area contributed by atoms with Crippen molar-refractivity contribution < 1.29 is 9.21 Å². The summed E-state index contributed by atoms with van der Waals surface area (Å²) < 4.78 is 6.11. The van der Waals surface area contributed by atoms with Gasteiger partial charge in [-0.25, -0.2) is 0 Å². The largest absolute Gasteiger partial charge is 0.420 e. The fraction of sp³-hybridized carbons (Fsp3) is 0.385. The maximum absolute atomic E-state index is 11.9. The maximum Gasteiger partial charge on any atom is 0.266 e. The van der Waals surface area contributed by atoms with Crippen molar-refractivity contribution >= 4 is 46.2 Å². The molecule has 0 saturated carbocycles. The van der Waals surface area contributed by atoms with Crippen molar-refractivity contribution in [2.75, 3.05) is 25.0 Å². The molecule has 1 aromatic heterocycles. The van der Waals surface area contributed by atoms with E-state index in [1.54, 1.807) is 7.05 Å². The Hall–Kier alpha value is -1.85. The number of nitriles is 1. The number of rotatable bonds is 4. The molecule has 21 heavy (non-hydrogen) atoms. The van der Waals surface area contributed by atoms with Crippen LogP contribution < -0.4 is 4.90 Å². The van der Waals surface area contributed by atoms with E-state index >= 15 is 0 Å². The van der Waals surface area contributed by atoms with Gasteiger partial charge in [0.15, 0.2) is 0 Å². The third-order valence-electron chi connectivity index (χ3n) is 3.02. The highest BCUT2D eigenvalue weighted by Crippen LogP contribution is 2.32. The molecule has 0 aromatic carbocycles. The van der Waals surface area contributed by atoms with Crippen molar-refractivity contribution in [3.8, 4) is 6.07 Å². The molecule has 2 rings (SSSR count). The fourth-order valence-corrected chi connectivity index (χ4v) is 2.99. The second kappa shape index (κ2) is 6.28. The normalized spacial score (nSPS) is 16.7. The molecule has 1 aromatic rings. The monoisotopic (exact) mass is 322 g/mol. The summed E-state index contributed by atoms with van der Waals surface area (Å²) in [6.07, 6.45) is 1.52. The van der Waals surface area contributed by atoms with Crippen molar-refractivity contribution in [3.63, 3.8) is 0 Å². The Bertz CT molecular complexity index is 656. The lowest BCUT2D eigenvalue weighted by atomic mass is 10.4. The summed E-state index contributed by atoms with van der Waals surface area (Å²) >= 11 is 6.25. The fourth-order valence-electron chi connectivity index (χ4n) is 1.85. The second-order valence-electron chi connectivity index (χ2n) is 4.23. The van der Waals surface area contributed by atoms with E-state index in [-0.39, 0.29) is 17.5 Å². The minimum Gasteiger partial charge on any atom is -0.420 e. The van der Waals surface area contributed by atoms with Crippen LogP contribution in [0, 0.1) is 11.3 Å². The molecule has 2 heterocycles. The van der Waals surface area contributed by atoms with Gasteiger partial charge in [-0.2, -0.15) is 10.2 Å². The molecule has 0 radical (unpaired) electrons. The number of nitrogens with zero attached hydrogens (tertiary/aromatic N) is 4. The third kappa shape index (κ3) is 2.94. The van der Waals surface area contributed by atoms with Gasteiger partial charge >= 0.3 is 0 Å². The minimum absolute atomic E-state index is 0.189. The number of oxazole rings is 1. The van der Waals surface area contributed by atoms with Crippen LogP contribution in [-0.2, 0) is 4.79 Å². The summed E-state index contributed by atoms with van der Waals surface area (Å²) in [6.45, 7) is 5.35. The van der Waals surface area contributed by atoms with Crippen LogP contribution in [0.25, 0.3) is 6.08 Å². The molecule has 1 fully saturated rings. The van der Waals surface area contributed by atoms with Crippen molar-refractivity contribution in [3.05, 3.63) is 16.5 Å². The van der Waals surface area contributed by atoms with Gasteiger partial charge in [-0.1, -0.05) is 24.0 Å². The molecule has 110 valence electrons. The Labute approximate surface area is 132 Å². The van der Waals surface area contributed by atoms with E-state index in [0.717, 1.165) is 0 Å². The molecule has 0 bridgehead atoms. The van der Waals surface area contributed by atoms with Crippen LogP contribution in [0.4, 0.5) is 5.88 Å². The number of thiocarbonyl (C=S) groups is 1. The van der Waals surface area contributed by atoms with Gasteiger partial charge in [0.2, 0.25) is 17.5 Å². The van der Waals surface area contributed by atoms with Gasteiger partial charge in [0.05, 0.1) is 4.91 Å². The number of likely N-dealkylation sites (N-methyl/N-ethyl adjacent to an activating group) is 1. The molecule has 0 atom stereocenters. The van der Waals surface area contributed by atoms with E-state index in [1.165, 1.54) is 22.7 Å². The Morgan fingerprint density at radius 1 is 1.52 bits per heavy atom. The summed E-state index contributed by atoms with van der Waals surface area (Å²) in [4.78, 5) is 19.8. The van der Waals surface area contributed by atoms with Gasteiger partial charge in [0.1, 0.15) is 10.4 Å². The zero-order valence-corrected chi connectivity index (χ0v) is 13.5. The van der Waals surface area contributed by atoms with Gasteiger partial charge in [0, 0.05) is 26.2 Å². The summed E-state index contributed by atoms with van der Waals surface area (Å²) in [7, 11) is 1.62. The van der Waals surface area contributed by atoms with E-state index in [2.05, 4.69) is 4.98 Å². The average Bonchev–Trinajstić information content (AvgIpc) is 2.98. The number of carbonyl (C=O) groups excluding carboxylic acids is 1. The molecule has 0 spiro atoms. The molecule has 0 N–H and O–H groups in total. The number of hydrogen-bond donors (Lipinski definition) is 0. The quantitative estimate of drug-likeness (QED) is 0.621. The van der Waals surface area contributed by atoms with Crippen LogP contribution in [0.2, 0.25) is 0 Å². The van der Waals surface area contributed by atoms with Gasteiger partial charge < -0.3 is 9.32 Å². The highest BCUT2D eigenvalue weighted by atomic mass is 32.2. The Balaban J connectivity index is 2.37. The van der Waals surface area contributed by atoms with Gasteiger partial charge in [-0.15, -0.1) is 0 Å². The molecular formula is C13H14N4O2S2. The number of aromatic nitrogens is 1. The van der Waals surface area contributed by atoms with Crippen molar-refractivity contribution in [1.29, 1.82) is 5.26 Å². The van der Waals surface area contributed by atoms with Crippen molar-refractivity contribution in [1.82, 2.24) is 9.88 Å². The third-order valence-corrected chi connectivity index (χ3v) is 4.51. The van der Waals surface area contributed by atoms with E-state index in [9.17, 15) is 4.79 Å². The highest BCUT2D eigenvalue weighted by Gasteiger charge is 2.29. The maximum atomic E-state index is 11.9. The number of anilines is 1. The smallest absolute Gasteiger partial charge is 0.266 e. The molecule has 1 saturated heterocycles. The summed E-state index contributed by atoms with van der Waals surface area (Å²) in [5, 5.41) is 9.15. The Morgan fingerprint density at radius 3 is 2.67 bits per heavy atom. The van der Waals surface area contributed by atoms with E-state index in [4.69, 9.17) is 21.9 Å². The lowest BCUT2D eigenvalue weighted by Crippen LogP contribution is -2.22. The first-order valence-corrected chi connectivity index (χ1v) is 7.61. The minimum atomic E-state index is -0.189. The molecule has 1 aliphatic rings. The zero-order chi connectivity index (χ0) is 15.6. The van der Waals surface area contributed by atoms with Gasteiger partial charge in [-0.3, -0.25) is 9.69 Å². The van der Waals surface area contributed by atoms with E-state index in [0.29, 0.717) is 28.2 Å².